The first-order valence-electron chi connectivity index (χ1n) is 1.99. The first-order valence-corrected chi connectivity index (χ1v) is 1.99. The number of carboxylic acids is 1. The first-order chi connectivity index (χ1) is 2.77. The Kier molecular flexibility index (Phi) is 20.0. The van der Waals surface area contributed by atoms with Gasteiger partial charge >= 0.3 is 5.97 Å². The van der Waals surface area contributed by atoms with E-state index in [-0.39, 0.29) is 27.2 Å². The summed E-state index contributed by atoms with van der Waals surface area (Å²) in [7, 11) is 0. The minimum Gasteiger partial charge on any atom is -0.481 e. The molecule has 0 saturated heterocycles. The van der Waals surface area contributed by atoms with Crippen LogP contribution in [0.15, 0.2) is 0 Å². The number of carboxylic acid groups (broad SMARTS) is 1. The van der Waals surface area contributed by atoms with Crippen LogP contribution in [0.2, 0.25) is 0 Å². The molecule has 0 aliphatic heterocycles. The summed E-state index contributed by atoms with van der Waals surface area (Å²) in [6.07, 6.45) is 1.02. The van der Waals surface area contributed by atoms with E-state index in [0.717, 1.165) is 6.42 Å². The van der Waals surface area contributed by atoms with E-state index >= 15 is 0 Å². The van der Waals surface area contributed by atoms with Gasteiger partial charge in [0.15, 0.2) is 0 Å². The van der Waals surface area contributed by atoms with Gasteiger partial charge in [-0.15, -0.1) is 0 Å². The van der Waals surface area contributed by atoms with E-state index in [1.165, 1.54) is 0 Å². The third kappa shape index (κ3) is 16.4. The summed E-state index contributed by atoms with van der Waals surface area (Å²) in [4.78, 5) is 9.60. The zero-order valence-corrected chi connectivity index (χ0v) is 6.33. The number of hydrogen-bond donors (Lipinski definition) is 1. The van der Waals surface area contributed by atoms with Gasteiger partial charge in [-0.3, -0.25) is 4.79 Å². The van der Waals surface area contributed by atoms with Gasteiger partial charge in [0.1, 0.15) is 0 Å². The normalized spacial score (nSPS) is 6.12. The maximum atomic E-state index is 9.60. The first kappa shape index (κ1) is 15.7. The Morgan fingerprint density at radius 1 is 1.62 bits per heavy atom. The smallest absolute Gasteiger partial charge is 0.303 e. The summed E-state index contributed by atoms with van der Waals surface area (Å²) in [5.41, 5.74) is 0. The van der Waals surface area contributed by atoms with Crippen molar-refractivity contribution >= 4 is 5.97 Å². The van der Waals surface area contributed by atoms with Crippen molar-refractivity contribution in [2.24, 2.45) is 0 Å². The third-order valence-corrected chi connectivity index (χ3v) is 0.464. The van der Waals surface area contributed by atoms with Gasteiger partial charge in [0.25, 0.3) is 0 Å². The minimum atomic E-state index is -0.711. The van der Waals surface area contributed by atoms with E-state index < -0.39 is 5.97 Å². The molecule has 0 aromatic heterocycles. The van der Waals surface area contributed by atoms with Gasteiger partial charge in [-0.2, -0.15) is 0 Å². The molecule has 48 valence electrons. The SMILES string of the molecule is CCCC(=O)O.O.[Ti]. The molecule has 0 rings (SSSR count). The molecule has 0 radical (unpaired) electrons. The number of hydrogen-bond acceptors (Lipinski definition) is 1. The van der Waals surface area contributed by atoms with E-state index in [0.29, 0.717) is 6.42 Å². The van der Waals surface area contributed by atoms with E-state index in [4.69, 9.17) is 5.11 Å². The Labute approximate surface area is 63.3 Å². The molecule has 0 fully saturated rings. The Balaban J connectivity index is -0.000000125. The molecule has 0 unspecified atom stereocenters. The molecule has 0 saturated carbocycles. The predicted molar refractivity (Wildman–Crippen MR) is 26.2 cm³/mol. The fraction of sp³-hybridized carbons (Fsp3) is 0.750. The van der Waals surface area contributed by atoms with Crippen molar-refractivity contribution in [3.8, 4) is 0 Å². The van der Waals surface area contributed by atoms with Crippen LogP contribution < -0.4 is 0 Å². The maximum absolute atomic E-state index is 9.60. The van der Waals surface area contributed by atoms with Crippen LogP contribution in [0.4, 0.5) is 0 Å². The molecular formula is C4H10O3Ti. The second-order valence-electron chi connectivity index (χ2n) is 1.14. The Morgan fingerprint density at radius 3 is 2.00 bits per heavy atom. The summed E-state index contributed by atoms with van der Waals surface area (Å²) in [6, 6.07) is 0. The van der Waals surface area contributed by atoms with Gasteiger partial charge in [-0.05, 0) is 6.42 Å². The summed E-state index contributed by atoms with van der Waals surface area (Å²) in [6.45, 7) is 1.84. The largest absolute Gasteiger partial charge is 0.481 e. The Bertz CT molecular complexity index is 55.2. The van der Waals surface area contributed by atoms with Crippen LogP contribution in [-0.2, 0) is 26.5 Å². The number of aliphatic carboxylic acids is 1. The Hall–Kier alpha value is 0.144. The topological polar surface area (TPSA) is 68.8 Å². The molecule has 0 amide bonds. The molecule has 0 aromatic carbocycles. The van der Waals surface area contributed by atoms with Gasteiger partial charge in [0.2, 0.25) is 0 Å². The van der Waals surface area contributed by atoms with Gasteiger partial charge in [0, 0.05) is 28.1 Å². The quantitative estimate of drug-likeness (QED) is 0.570. The molecular weight excluding hydrogens is 144 g/mol. The summed E-state index contributed by atoms with van der Waals surface area (Å²) in [5, 5.41) is 7.91. The molecule has 4 heteroatoms. The molecule has 0 aliphatic rings. The molecule has 0 atom stereocenters. The van der Waals surface area contributed by atoms with Crippen LogP contribution >= 0.6 is 0 Å². The van der Waals surface area contributed by atoms with Crippen LogP contribution in [0, 0.1) is 0 Å². The monoisotopic (exact) mass is 154 g/mol. The fourth-order valence-corrected chi connectivity index (χ4v) is 0.214. The van der Waals surface area contributed by atoms with Gasteiger partial charge < -0.3 is 10.6 Å². The van der Waals surface area contributed by atoms with Gasteiger partial charge in [0.05, 0.1) is 0 Å². The van der Waals surface area contributed by atoms with E-state index in [2.05, 4.69) is 0 Å². The molecule has 3 N–H and O–H groups in total. The molecule has 0 spiro atoms. The van der Waals surface area contributed by atoms with Gasteiger partial charge in [-0.1, -0.05) is 6.92 Å². The summed E-state index contributed by atoms with van der Waals surface area (Å²) < 4.78 is 0. The van der Waals surface area contributed by atoms with Gasteiger partial charge in [-0.25, -0.2) is 0 Å². The average molecular weight is 154 g/mol. The van der Waals surface area contributed by atoms with Crippen molar-refractivity contribution in [3.63, 3.8) is 0 Å². The van der Waals surface area contributed by atoms with Crippen LogP contribution in [0.25, 0.3) is 0 Å². The molecule has 0 aromatic rings. The minimum absolute atomic E-state index is 0. The van der Waals surface area contributed by atoms with Crippen LogP contribution in [0.5, 0.6) is 0 Å². The van der Waals surface area contributed by atoms with E-state index in [1.807, 2.05) is 6.92 Å². The molecule has 0 heterocycles. The van der Waals surface area contributed by atoms with Crippen LogP contribution in [0.3, 0.4) is 0 Å². The summed E-state index contributed by atoms with van der Waals surface area (Å²) in [5.74, 6) is -0.711. The fourth-order valence-electron chi connectivity index (χ4n) is 0.214. The zero-order valence-electron chi connectivity index (χ0n) is 4.77. The standard InChI is InChI=1S/C4H8O2.H2O.Ti/c1-2-3-4(5)6;;/h2-3H2,1H3,(H,5,6);1H2;. The molecule has 0 aliphatic carbocycles. The van der Waals surface area contributed by atoms with Crippen molar-refractivity contribution < 1.29 is 37.1 Å². The van der Waals surface area contributed by atoms with Crippen molar-refractivity contribution in [1.82, 2.24) is 0 Å². The predicted octanol–water partition coefficient (Wildman–Crippen LogP) is 0.0439. The van der Waals surface area contributed by atoms with Crippen molar-refractivity contribution in [1.29, 1.82) is 0 Å². The van der Waals surface area contributed by atoms with Crippen molar-refractivity contribution in [2.75, 3.05) is 0 Å². The average Bonchev–Trinajstić information content (AvgIpc) is 1.35. The maximum Gasteiger partial charge on any atom is 0.303 e. The molecule has 3 nitrogen and oxygen atoms in total. The number of rotatable bonds is 2. The second-order valence-corrected chi connectivity index (χ2v) is 1.14. The third-order valence-electron chi connectivity index (χ3n) is 0.464. The van der Waals surface area contributed by atoms with E-state index in [1.54, 1.807) is 0 Å². The summed E-state index contributed by atoms with van der Waals surface area (Å²) >= 11 is 0. The van der Waals surface area contributed by atoms with Crippen molar-refractivity contribution in [3.05, 3.63) is 0 Å². The second kappa shape index (κ2) is 10.2. The Morgan fingerprint density at radius 2 is 2.00 bits per heavy atom. The molecule has 8 heavy (non-hydrogen) atoms. The van der Waals surface area contributed by atoms with Crippen molar-refractivity contribution in [2.45, 2.75) is 19.8 Å². The molecule has 0 bridgehead atoms. The van der Waals surface area contributed by atoms with Crippen LogP contribution in [-0.4, -0.2) is 16.6 Å². The number of carbonyl (C=O) groups is 1. The van der Waals surface area contributed by atoms with E-state index in [9.17, 15) is 4.79 Å². The van der Waals surface area contributed by atoms with Crippen LogP contribution in [0.1, 0.15) is 19.8 Å². The zero-order chi connectivity index (χ0) is 4.99.